The van der Waals surface area contributed by atoms with Crippen LogP contribution in [0.4, 0.5) is 0 Å². The molecule has 0 fully saturated rings. The van der Waals surface area contributed by atoms with Crippen molar-refractivity contribution in [3.05, 3.63) is 23.5 Å². The molecule has 0 aliphatic carbocycles. The minimum atomic E-state index is -0.187. The van der Waals surface area contributed by atoms with Crippen LogP contribution in [-0.2, 0) is 16.6 Å². The lowest BCUT2D eigenvalue weighted by molar-refractivity contribution is -0.131. The highest BCUT2D eigenvalue weighted by atomic mass is 16.5. The summed E-state index contributed by atoms with van der Waals surface area (Å²) in [6, 6.07) is 1.86. The molecule has 1 aromatic rings. The first kappa shape index (κ1) is 9.19. The average Bonchev–Trinajstić information content (AvgIpc) is 2.41. The van der Waals surface area contributed by atoms with Crippen molar-refractivity contribution >= 4 is 5.97 Å². The van der Waals surface area contributed by atoms with Crippen LogP contribution in [-0.4, -0.2) is 11.0 Å². The minimum Gasteiger partial charge on any atom is -0.426 e. The van der Waals surface area contributed by atoms with E-state index in [0.717, 1.165) is 11.3 Å². The number of pyridine rings is 1. The Kier molecular flexibility index (Phi) is 1.84. The molecular formula is C11H13NO2. The van der Waals surface area contributed by atoms with Crippen LogP contribution in [0, 0.1) is 0 Å². The number of carbonyl (C=O) groups is 1. The van der Waals surface area contributed by atoms with Crippen molar-refractivity contribution in [3.8, 4) is 5.75 Å². The lowest BCUT2D eigenvalue weighted by atomic mass is 9.91. The molecule has 0 saturated carbocycles. The summed E-state index contributed by atoms with van der Waals surface area (Å²) >= 11 is 0. The molecular weight excluding hydrogens is 178 g/mol. The van der Waals surface area contributed by atoms with Crippen molar-refractivity contribution in [2.24, 2.45) is 0 Å². The maximum atomic E-state index is 11.0. The van der Waals surface area contributed by atoms with Gasteiger partial charge in [-0.25, -0.2) is 0 Å². The zero-order chi connectivity index (χ0) is 10.3. The highest BCUT2D eigenvalue weighted by Crippen LogP contribution is 2.30. The second-order valence-electron chi connectivity index (χ2n) is 4.58. The van der Waals surface area contributed by atoms with Gasteiger partial charge < -0.3 is 4.74 Å². The van der Waals surface area contributed by atoms with Crippen LogP contribution in [0.5, 0.6) is 5.75 Å². The van der Waals surface area contributed by atoms with Crippen molar-refractivity contribution in [2.45, 2.75) is 32.6 Å². The van der Waals surface area contributed by atoms with Gasteiger partial charge in [0.15, 0.2) is 0 Å². The molecule has 0 bridgehead atoms. The first-order valence-electron chi connectivity index (χ1n) is 4.67. The van der Waals surface area contributed by atoms with E-state index in [4.69, 9.17) is 4.74 Å². The van der Waals surface area contributed by atoms with Crippen LogP contribution in [0.25, 0.3) is 0 Å². The number of hydrogen-bond acceptors (Lipinski definition) is 3. The monoisotopic (exact) mass is 191 g/mol. The van der Waals surface area contributed by atoms with E-state index in [1.54, 1.807) is 6.20 Å². The number of nitrogens with zero attached hydrogens (tertiary/aromatic N) is 1. The van der Waals surface area contributed by atoms with Gasteiger partial charge in [0.2, 0.25) is 0 Å². The quantitative estimate of drug-likeness (QED) is 0.587. The molecule has 1 aromatic heterocycles. The first-order valence-corrected chi connectivity index (χ1v) is 4.67. The molecule has 3 nitrogen and oxygen atoms in total. The standard InChI is InChI=1S/C11H13NO2/c1-11(2,3)9-5-8-7(6-12-9)4-10(13)14-8/h5-6H,4H2,1-3H3. The molecule has 1 aliphatic heterocycles. The first-order chi connectivity index (χ1) is 6.47. The van der Waals surface area contributed by atoms with E-state index in [1.807, 2.05) is 6.07 Å². The predicted molar refractivity (Wildman–Crippen MR) is 52.3 cm³/mol. The summed E-state index contributed by atoms with van der Waals surface area (Å²) < 4.78 is 5.06. The minimum absolute atomic E-state index is 0.00989. The molecule has 0 amide bonds. The Bertz CT molecular complexity index is 391. The molecule has 1 aliphatic rings. The van der Waals surface area contributed by atoms with Crippen molar-refractivity contribution < 1.29 is 9.53 Å². The summed E-state index contributed by atoms with van der Waals surface area (Å²) in [5.74, 6) is 0.489. The lowest BCUT2D eigenvalue weighted by Crippen LogP contribution is -2.13. The number of rotatable bonds is 0. The van der Waals surface area contributed by atoms with E-state index < -0.39 is 0 Å². The lowest BCUT2D eigenvalue weighted by Gasteiger charge is -2.17. The van der Waals surface area contributed by atoms with Gasteiger partial charge in [-0.05, 0) is 0 Å². The Hall–Kier alpha value is -1.38. The molecule has 0 atom stereocenters. The number of carbonyl (C=O) groups excluding carboxylic acids is 1. The molecule has 74 valence electrons. The number of ether oxygens (including phenoxy) is 1. The SMILES string of the molecule is CC(C)(C)c1cc2c(cn1)CC(=O)O2. The summed E-state index contributed by atoms with van der Waals surface area (Å²) in [5, 5.41) is 0. The molecule has 0 radical (unpaired) electrons. The largest absolute Gasteiger partial charge is 0.426 e. The van der Waals surface area contributed by atoms with E-state index in [-0.39, 0.29) is 11.4 Å². The molecule has 0 saturated heterocycles. The van der Waals surface area contributed by atoms with Crippen LogP contribution in [0.3, 0.4) is 0 Å². The van der Waals surface area contributed by atoms with Gasteiger partial charge in [-0.15, -0.1) is 0 Å². The Balaban J connectivity index is 2.43. The van der Waals surface area contributed by atoms with Gasteiger partial charge in [0.1, 0.15) is 5.75 Å². The van der Waals surface area contributed by atoms with Gasteiger partial charge in [-0.3, -0.25) is 9.78 Å². The van der Waals surface area contributed by atoms with Gasteiger partial charge in [0, 0.05) is 28.9 Å². The summed E-state index contributed by atoms with van der Waals surface area (Å²) in [6.07, 6.45) is 2.09. The summed E-state index contributed by atoms with van der Waals surface area (Å²) in [4.78, 5) is 15.3. The number of hydrogen-bond donors (Lipinski definition) is 0. The molecule has 2 rings (SSSR count). The predicted octanol–water partition coefficient (Wildman–Crippen LogP) is 1.84. The highest BCUT2D eigenvalue weighted by Gasteiger charge is 2.24. The molecule has 3 heteroatoms. The van der Waals surface area contributed by atoms with Crippen molar-refractivity contribution in [1.82, 2.24) is 4.98 Å². The number of esters is 1. The zero-order valence-electron chi connectivity index (χ0n) is 8.63. The van der Waals surface area contributed by atoms with E-state index in [0.29, 0.717) is 12.2 Å². The van der Waals surface area contributed by atoms with Crippen LogP contribution >= 0.6 is 0 Å². The zero-order valence-corrected chi connectivity index (χ0v) is 8.63. The Labute approximate surface area is 83.1 Å². The van der Waals surface area contributed by atoms with E-state index >= 15 is 0 Å². The third kappa shape index (κ3) is 1.50. The Morgan fingerprint density at radius 1 is 1.43 bits per heavy atom. The maximum Gasteiger partial charge on any atom is 0.315 e. The number of fused-ring (bicyclic) bond motifs is 1. The van der Waals surface area contributed by atoms with Crippen LogP contribution < -0.4 is 4.74 Å². The molecule has 0 aromatic carbocycles. The fourth-order valence-corrected chi connectivity index (χ4v) is 1.42. The third-order valence-corrected chi connectivity index (χ3v) is 2.27. The topological polar surface area (TPSA) is 39.2 Å². The smallest absolute Gasteiger partial charge is 0.315 e. The summed E-state index contributed by atoms with van der Waals surface area (Å²) in [7, 11) is 0. The second-order valence-corrected chi connectivity index (χ2v) is 4.58. The average molecular weight is 191 g/mol. The van der Waals surface area contributed by atoms with Gasteiger partial charge in [0.05, 0.1) is 6.42 Å². The Morgan fingerprint density at radius 3 is 2.79 bits per heavy atom. The Morgan fingerprint density at radius 2 is 2.14 bits per heavy atom. The fraction of sp³-hybridized carbons (Fsp3) is 0.455. The number of aromatic nitrogens is 1. The molecule has 0 N–H and O–H groups in total. The second kappa shape index (κ2) is 2.80. The normalized spacial score (nSPS) is 15.2. The van der Waals surface area contributed by atoms with Gasteiger partial charge in [-0.1, -0.05) is 20.8 Å². The molecule has 0 spiro atoms. The maximum absolute atomic E-state index is 11.0. The third-order valence-electron chi connectivity index (χ3n) is 2.27. The van der Waals surface area contributed by atoms with Crippen molar-refractivity contribution in [2.75, 3.05) is 0 Å². The van der Waals surface area contributed by atoms with E-state index in [1.165, 1.54) is 0 Å². The van der Waals surface area contributed by atoms with Gasteiger partial charge >= 0.3 is 5.97 Å². The molecule has 0 unspecified atom stereocenters. The van der Waals surface area contributed by atoms with Crippen LogP contribution in [0.15, 0.2) is 12.3 Å². The van der Waals surface area contributed by atoms with Crippen molar-refractivity contribution in [1.29, 1.82) is 0 Å². The summed E-state index contributed by atoms with van der Waals surface area (Å²) in [6.45, 7) is 6.25. The van der Waals surface area contributed by atoms with E-state index in [9.17, 15) is 4.79 Å². The van der Waals surface area contributed by atoms with E-state index in [2.05, 4.69) is 25.8 Å². The van der Waals surface area contributed by atoms with Gasteiger partial charge in [0.25, 0.3) is 0 Å². The van der Waals surface area contributed by atoms with Crippen LogP contribution in [0.1, 0.15) is 32.0 Å². The van der Waals surface area contributed by atoms with Gasteiger partial charge in [-0.2, -0.15) is 0 Å². The fourth-order valence-electron chi connectivity index (χ4n) is 1.42. The highest BCUT2D eigenvalue weighted by molar-refractivity contribution is 5.80. The van der Waals surface area contributed by atoms with Crippen molar-refractivity contribution in [3.63, 3.8) is 0 Å². The summed E-state index contributed by atoms with van der Waals surface area (Å²) in [5.41, 5.74) is 1.83. The molecule has 14 heavy (non-hydrogen) atoms. The molecule has 2 heterocycles. The van der Waals surface area contributed by atoms with Crippen LogP contribution in [0.2, 0.25) is 0 Å².